The van der Waals surface area contributed by atoms with E-state index in [1.54, 1.807) is 12.1 Å². The number of imidazole rings is 1. The molecule has 0 saturated heterocycles. The van der Waals surface area contributed by atoms with Crippen molar-refractivity contribution >= 4 is 23.0 Å². The summed E-state index contributed by atoms with van der Waals surface area (Å²) in [5.74, 6) is 1.68. The van der Waals surface area contributed by atoms with Gasteiger partial charge in [0, 0.05) is 26.1 Å². The fraction of sp³-hybridized carbons (Fsp3) is 0.200. The smallest absolute Gasteiger partial charge is 0.244 e. The molecule has 1 aliphatic rings. The van der Waals surface area contributed by atoms with Gasteiger partial charge in [-0.05, 0) is 42.0 Å². The fourth-order valence-electron chi connectivity index (χ4n) is 2.98. The number of nitrogens with one attached hydrogen (secondary N) is 1. The van der Waals surface area contributed by atoms with Crippen LogP contribution < -0.4 is 14.8 Å². The Hall–Kier alpha value is -3.35. The Bertz CT molecular complexity index is 1040. The summed E-state index contributed by atoms with van der Waals surface area (Å²) < 4.78 is 25.8. The van der Waals surface area contributed by atoms with E-state index in [0.717, 1.165) is 22.4 Å². The number of rotatable bonds is 5. The van der Waals surface area contributed by atoms with Crippen molar-refractivity contribution in [2.45, 2.75) is 6.42 Å². The molecule has 1 N–H and O–H groups in total. The first-order chi connectivity index (χ1) is 13.1. The first kappa shape index (κ1) is 17.1. The Morgan fingerprint density at radius 2 is 2.11 bits per heavy atom. The number of carbonyl (C=O) groups excluding carboxylic acids is 1. The first-order valence-corrected chi connectivity index (χ1v) is 8.56. The van der Waals surface area contributed by atoms with E-state index in [9.17, 15) is 9.18 Å². The van der Waals surface area contributed by atoms with Gasteiger partial charge in [0.25, 0.3) is 0 Å². The van der Waals surface area contributed by atoms with E-state index < -0.39 is 0 Å². The quantitative estimate of drug-likeness (QED) is 0.705. The van der Waals surface area contributed by atoms with Crippen LogP contribution in [0.15, 0.2) is 42.5 Å². The van der Waals surface area contributed by atoms with E-state index in [2.05, 4.69) is 10.3 Å². The Labute approximate surface area is 155 Å². The Morgan fingerprint density at radius 1 is 1.26 bits per heavy atom. The molecular weight excluding hydrogens is 349 g/mol. The maximum atomic E-state index is 13.4. The number of benzene rings is 2. The molecule has 27 heavy (non-hydrogen) atoms. The van der Waals surface area contributed by atoms with Crippen LogP contribution in [0, 0.1) is 5.82 Å². The number of nitrogens with zero attached hydrogens (tertiary/aromatic N) is 2. The molecule has 0 saturated carbocycles. The molecule has 0 spiro atoms. The van der Waals surface area contributed by atoms with E-state index in [4.69, 9.17) is 9.47 Å². The largest absolute Gasteiger partial charge is 0.454 e. The SMILES string of the molecule is Cn1c(CCNC(=O)/C=C/c2ccc3c(c2)OCO3)nc2ccc(F)cc21. The third-order valence-electron chi connectivity index (χ3n) is 4.41. The van der Waals surface area contributed by atoms with Crippen LogP contribution >= 0.6 is 0 Å². The summed E-state index contributed by atoms with van der Waals surface area (Å²) in [6, 6.07) is 10.00. The Kier molecular flexibility index (Phi) is 4.50. The summed E-state index contributed by atoms with van der Waals surface area (Å²) in [6.45, 7) is 0.655. The predicted molar refractivity (Wildman–Crippen MR) is 99.0 cm³/mol. The van der Waals surface area contributed by atoms with Crippen LogP contribution in [-0.2, 0) is 18.3 Å². The molecule has 0 aliphatic carbocycles. The molecular formula is C20H18FN3O3. The summed E-state index contributed by atoms with van der Waals surface area (Å²) >= 11 is 0. The zero-order valence-electron chi connectivity index (χ0n) is 14.7. The van der Waals surface area contributed by atoms with Gasteiger partial charge in [-0.2, -0.15) is 0 Å². The third kappa shape index (κ3) is 3.62. The van der Waals surface area contributed by atoms with Gasteiger partial charge in [0.1, 0.15) is 11.6 Å². The van der Waals surface area contributed by atoms with Gasteiger partial charge in [0.15, 0.2) is 11.5 Å². The zero-order valence-corrected chi connectivity index (χ0v) is 14.7. The van der Waals surface area contributed by atoms with Crippen molar-refractivity contribution in [1.82, 2.24) is 14.9 Å². The number of halogens is 1. The van der Waals surface area contributed by atoms with Gasteiger partial charge in [0.2, 0.25) is 12.7 Å². The van der Waals surface area contributed by atoms with Gasteiger partial charge in [-0.1, -0.05) is 6.07 Å². The summed E-state index contributed by atoms with van der Waals surface area (Å²) in [5, 5.41) is 2.83. The maximum absolute atomic E-state index is 13.4. The summed E-state index contributed by atoms with van der Waals surface area (Å²) in [7, 11) is 1.84. The van der Waals surface area contributed by atoms with Gasteiger partial charge >= 0.3 is 0 Å². The second-order valence-corrected chi connectivity index (χ2v) is 6.21. The highest BCUT2D eigenvalue weighted by Crippen LogP contribution is 2.32. The molecule has 0 bridgehead atoms. The number of carbonyl (C=O) groups is 1. The molecule has 1 aliphatic heterocycles. The molecule has 4 rings (SSSR count). The van der Waals surface area contributed by atoms with Crippen molar-refractivity contribution in [1.29, 1.82) is 0 Å². The molecule has 0 radical (unpaired) electrons. The minimum atomic E-state index is -0.293. The summed E-state index contributed by atoms with van der Waals surface area (Å²) in [6.07, 6.45) is 3.74. The van der Waals surface area contributed by atoms with Gasteiger partial charge in [-0.25, -0.2) is 9.37 Å². The highest BCUT2D eigenvalue weighted by Gasteiger charge is 2.12. The van der Waals surface area contributed by atoms with Crippen molar-refractivity contribution in [2.24, 2.45) is 7.05 Å². The van der Waals surface area contributed by atoms with Crippen LogP contribution in [0.3, 0.4) is 0 Å². The Morgan fingerprint density at radius 3 is 3.00 bits per heavy atom. The number of hydrogen-bond acceptors (Lipinski definition) is 4. The third-order valence-corrected chi connectivity index (χ3v) is 4.41. The van der Waals surface area contributed by atoms with Gasteiger partial charge < -0.3 is 19.4 Å². The number of ether oxygens (including phenoxy) is 2. The number of hydrogen-bond donors (Lipinski definition) is 1. The van der Waals surface area contributed by atoms with Crippen molar-refractivity contribution in [3.8, 4) is 11.5 Å². The van der Waals surface area contributed by atoms with Gasteiger partial charge in [0.05, 0.1) is 11.0 Å². The van der Waals surface area contributed by atoms with Crippen molar-refractivity contribution in [3.05, 3.63) is 59.7 Å². The van der Waals surface area contributed by atoms with E-state index >= 15 is 0 Å². The number of aryl methyl sites for hydroxylation is 1. The predicted octanol–water partition coefficient (Wildman–Crippen LogP) is 2.81. The summed E-state index contributed by atoms with van der Waals surface area (Å²) in [4.78, 5) is 16.5. The first-order valence-electron chi connectivity index (χ1n) is 8.56. The van der Waals surface area contributed by atoms with Gasteiger partial charge in [-0.15, -0.1) is 0 Å². The van der Waals surface area contributed by atoms with Gasteiger partial charge in [-0.3, -0.25) is 4.79 Å². The molecule has 0 fully saturated rings. The highest BCUT2D eigenvalue weighted by atomic mass is 19.1. The van der Waals surface area contributed by atoms with Crippen molar-refractivity contribution < 1.29 is 18.7 Å². The monoisotopic (exact) mass is 367 g/mol. The standard InChI is InChI=1S/C20H18FN3O3/c1-24-16-11-14(21)4-5-15(16)23-19(24)8-9-22-20(25)7-3-13-2-6-17-18(10-13)27-12-26-17/h2-7,10-11H,8-9,12H2,1H3,(H,22,25)/b7-3+. The lowest BCUT2D eigenvalue weighted by Gasteiger charge is -2.03. The molecule has 1 aromatic heterocycles. The van der Waals surface area contributed by atoms with Crippen molar-refractivity contribution in [3.63, 3.8) is 0 Å². The number of aromatic nitrogens is 2. The Balaban J connectivity index is 1.34. The minimum Gasteiger partial charge on any atom is -0.454 e. The lowest BCUT2D eigenvalue weighted by atomic mass is 10.2. The van der Waals surface area contributed by atoms with Crippen LogP contribution in [-0.4, -0.2) is 28.8 Å². The van der Waals surface area contributed by atoms with Crippen molar-refractivity contribution in [2.75, 3.05) is 13.3 Å². The molecule has 1 amide bonds. The second kappa shape index (κ2) is 7.11. The maximum Gasteiger partial charge on any atom is 0.244 e. The zero-order chi connectivity index (χ0) is 18.8. The van der Waals surface area contributed by atoms with Crippen LogP contribution in [0.1, 0.15) is 11.4 Å². The number of amides is 1. The lowest BCUT2D eigenvalue weighted by Crippen LogP contribution is -2.24. The van der Waals surface area contributed by atoms with E-state index in [1.165, 1.54) is 18.2 Å². The molecule has 2 aromatic carbocycles. The van der Waals surface area contributed by atoms with Crippen LogP contribution in [0.4, 0.5) is 4.39 Å². The van der Waals surface area contributed by atoms with E-state index in [0.29, 0.717) is 24.5 Å². The molecule has 7 heteroatoms. The van der Waals surface area contributed by atoms with Crippen LogP contribution in [0.2, 0.25) is 0 Å². The highest BCUT2D eigenvalue weighted by molar-refractivity contribution is 5.91. The van der Waals surface area contributed by atoms with Crippen LogP contribution in [0.5, 0.6) is 11.5 Å². The average molecular weight is 367 g/mol. The topological polar surface area (TPSA) is 65.4 Å². The molecule has 0 unspecified atom stereocenters. The summed E-state index contributed by atoms with van der Waals surface area (Å²) in [5.41, 5.74) is 2.33. The second-order valence-electron chi connectivity index (χ2n) is 6.21. The minimum absolute atomic E-state index is 0.197. The average Bonchev–Trinajstić information content (AvgIpc) is 3.25. The molecule has 6 nitrogen and oxygen atoms in total. The molecule has 0 atom stereocenters. The molecule has 3 aromatic rings. The lowest BCUT2D eigenvalue weighted by molar-refractivity contribution is -0.116. The number of fused-ring (bicyclic) bond motifs is 2. The molecule has 2 heterocycles. The van der Waals surface area contributed by atoms with Crippen LogP contribution in [0.25, 0.3) is 17.1 Å². The molecule has 138 valence electrons. The van der Waals surface area contributed by atoms with E-state index in [-0.39, 0.29) is 18.5 Å². The fourth-order valence-corrected chi connectivity index (χ4v) is 2.98. The normalized spacial score (nSPS) is 12.8. The van der Waals surface area contributed by atoms with E-state index in [1.807, 2.05) is 29.8 Å².